The number of rotatable bonds is 4. The lowest BCUT2D eigenvalue weighted by atomic mass is 9.94. The number of furan rings is 1. The van der Waals surface area contributed by atoms with Crippen LogP contribution in [0.2, 0.25) is 10.0 Å². The van der Waals surface area contributed by atoms with Gasteiger partial charge < -0.3 is 4.42 Å². The van der Waals surface area contributed by atoms with E-state index in [1.54, 1.807) is 35.4 Å². The molecule has 0 radical (unpaired) electrons. The Morgan fingerprint density at radius 1 is 0.778 bits per heavy atom. The predicted octanol–water partition coefficient (Wildman–Crippen LogP) is 6.44. The van der Waals surface area contributed by atoms with Crippen LogP contribution in [0.1, 0.15) is 11.8 Å². The second-order valence-electron chi connectivity index (χ2n) is 8.48. The molecule has 36 heavy (non-hydrogen) atoms. The van der Waals surface area contributed by atoms with Crippen LogP contribution in [0.25, 0.3) is 11.3 Å². The normalized spacial score (nSPS) is 21.4. The van der Waals surface area contributed by atoms with Gasteiger partial charge in [-0.15, -0.1) is 0 Å². The number of hydroxylamine groups is 1. The van der Waals surface area contributed by atoms with E-state index in [1.165, 1.54) is 24.3 Å². The van der Waals surface area contributed by atoms with Gasteiger partial charge in [0.1, 0.15) is 29.3 Å². The summed E-state index contributed by atoms with van der Waals surface area (Å²) < 4.78 is 19.7. The van der Waals surface area contributed by atoms with Crippen molar-refractivity contribution < 1.29 is 23.2 Å². The first-order valence-electron chi connectivity index (χ1n) is 11.1. The van der Waals surface area contributed by atoms with Gasteiger partial charge in [-0.2, -0.15) is 0 Å². The lowest BCUT2D eigenvalue weighted by molar-refractivity contribution is -0.126. The van der Waals surface area contributed by atoms with Gasteiger partial charge in [0, 0.05) is 5.56 Å². The van der Waals surface area contributed by atoms with Crippen molar-refractivity contribution in [1.29, 1.82) is 0 Å². The maximum atomic E-state index is 13.6. The molecule has 2 fully saturated rings. The lowest BCUT2D eigenvalue weighted by Crippen LogP contribution is -2.37. The standard InChI is InChI=1S/C27H17Cl2FN2O4/c28-19-11-6-15(14-20(19)29)21-12-13-22(35-21)24-23-25(36-32(24)18-4-2-1-3-5-18)27(34)31(26(23)33)17-9-7-16(30)8-10-17/h1-14,23-25H/t23-,24-,25+/m0/s1. The molecule has 0 saturated carbocycles. The summed E-state index contributed by atoms with van der Waals surface area (Å²) in [6.45, 7) is 0. The third-order valence-electron chi connectivity index (χ3n) is 6.33. The van der Waals surface area contributed by atoms with E-state index >= 15 is 0 Å². The van der Waals surface area contributed by atoms with Crippen LogP contribution in [0, 0.1) is 11.7 Å². The van der Waals surface area contributed by atoms with E-state index in [0.29, 0.717) is 32.8 Å². The number of carbonyl (C=O) groups is 2. The smallest absolute Gasteiger partial charge is 0.266 e. The number of amides is 2. The number of hydrogen-bond acceptors (Lipinski definition) is 5. The van der Waals surface area contributed by atoms with Crippen LogP contribution < -0.4 is 9.96 Å². The highest BCUT2D eigenvalue weighted by molar-refractivity contribution is 6.42. The SMILES string of the molecule is O=C1[C@@H]2[C@@H](ON(c3ccccc3)[C@H]2c2ccc(-c3ccc(Cl)c(Cl)c3)o2)C(=O)N1c1ccc(F)cc1. The topological polar surface area (TPSA) is 63.0 Å². The van der Waals surface area contributed by atoms with E-state index in [9.17, 15) is 14.0 Å². The summed E-state index contributed by atoms with van der Waals surface area (Å²) in [7, 11) is 0. The number of fused-ring (bicyclic) bond motifs is 1. The van der Waals surface area contributed by atoms with Gasteiger partial charge in [-0.25, -0.2) is 14.4 Å². The predicted molar refractivity (Wildman–Crippen MR) is 133 cm³/mol. The van der Waals surface area contributed by atoms with Gasteiger partial charge >= 0.3 is 0 Å². The highest BCUT2D eigenvalue weighted by Crippen LogP contribution is 2.48. The maximum absolute atomic E-state index is 13.6. The van der Waals surface area contributed by atoms with Gasteiger partial charge in [-0.3, -0.25) is 14.4 Å². The first-order chi connectivity index (χ1) is 17.4. The van der Waals surface area contributed by atoms with Gasteiger partial charge in [-0.05, 0) is 66.7 Å². The van der Waals surface area contributed by atoms with Crippen molar-refractivity contribution in [2.24, 2.45) is 5.92 Å². The van der Waals surface area contributed by atoms with Gasteiger partial charge in [0.15, 0.2) is 6.10 Å². The number of imide groups is 1. The summed E-state index contributed by atoms with van der Waals surface area (Å²) in [6.07, 6.45) is -1.06. The van der Waals surface area contributed by atoms with Crippen molar-refractivity contribution in [3.05, 3.63) is 107 Å². The Morgan fingerprint density at radius 3 is 2.25 bits per heavy atom. The molecule has 1 aromatic heterocycles. The molecule has 4 aromatic rings. The Hall–Kier alpha value is -3.65. The van der Waals surface area contributed by atoms with E-state index in [0.717, 1.165) is 4.90 Å². The van der Waals surface area contributed by atoms with E-state index in [1.807, 2.05) is 30.3 Å². The van der Waals surface area contributed by atoms with Crippen LogP contribution in [0.5, 0.6) is 0 Å². The summed E-state index contributed by atoms with van der Waals surface area (Å²) in [6, 6.07) is 22.3. The van der Waals surface area contributed by atoms with Crippen molar-refractivity contribution in [2.75, 3.05) is 9.96 Å². The minimum atomic E-state index is -1.06. The van der Waals surface area contributed by atoms with Crippen LogP contribution in [-0.4, -0.2) is 17.9 Å². The third-order valence-corrected chi connectivity index (χ3v) is 7.07. The summed E-state index contributed by atoms with van der Waals surface area (Å²) in [5, 5.41) is 2.35. The van der Waals surface area contributed by atoms with E-state index in [2.05, 4.69) is 0 Å². The van der Waals surface area contributed by atoms with Gasteiger partial charge in [0.05, 0.1) is 21.4 Å². The Balaban J connectivity index is 1.41. The van der Waals surface area contributed by atoms with E-state index < -0.39 is 35.7 Å². The fraction of sp³-hybridized carbons (Fsp3) is 0.111. The summed E-state index contributed by atoms with van der Waals surface area (Å²) >= 11 is 12.2. The van der Waals surface area contributed by atoms with E-state index in [-0.39, 0.29) is 5.69 Å². The molecule has 0 bridgehead atoms. The highest BCUT2D eigenvalue weighted by Gasteiger charge is 2.61. The number of para-hydroxylation sites is 1. The van der Waals surface area contributed by atoms with Gasteiger partial charge in [0.25, 0.3) is 5.91 Å². The minimum Gasteiger partial charge on any atom is -0.459 e. The average molecular weight is 523 g/mol. The van der Waals surface area contributed by atoms with Crippen molar-refractivity contribution in [2.45, 2.75) is 12.1 Å². The van der Waals surface area contributed by atoms with Crippen molar-refractivity contribution in [3.63, 3.8) is 0 Å². The molecule has 180 valence electrons. The summed E-state index contributed by atoms with van der Waals surface area (Å²) in [4.78, 5) is 34.1. The monoisotopic (exact) mass is 522 g/mol. The van der Waals surface area contributed by atoms with Crippen LogP contribution in [-0.2, 0) is 14.4 Å². The molecule has 3 aromatic carbocycles. The number of carbonyl (C=O) groups excluding carboxylic acids is 2. The Labute approximate surface area is 215 Å². The number of hydrogen-bond donors (Lipinski definition) is 0. The molecule has 9 heteroatoms. The number of benzene rings is 3. The Kier molecular flexibility index (Phi) is 5.56. The largest absolute Gasteiger partial charge is 0.459 e. The molecule has 0 unspecified atom stereocenters. The molecule has 2 aliphatic heterocycles. The molecular formula is C27H17Cl2FN2O4. The molecule has 6 rings (SSSR count). The van der Waals surface area contributed by atoms with Crippen molar-refractivity contribution in [1.82, 2.24) is 0 Å². The molecule has 0 N–H and O–H groups in total. The molecular weight excluding hydrogens is 506 g/mol. The summed E-state index contributed by atoms with van der Waals surface area (Å²) in [5.41, 5.74) is 1.66. The highest BCUT2D eigenvalue weighted by atomic mass is 35.5. The maximum Gasteiger partial charge on any atom is 0.266 e. The molecule has 2 amide bonds. The number of nitrogens with zero attached hydrogens (tertiary/aromatic N) is 2. The fourth-order valence-corrected chi connectivity index (χ4v) is 4.96. The van der Waals surface area contributed by atoms with Gasteiger partial charge in [0.2, 0.25) is 5.91 Å². The molecule has 2 saturated heterocycles. The lowest BCUT2D eigenvalue weighted by Gasteiger charge is -2.27. The molecule has 2 aliphatic rings. The molecule has 0 aliphatic carbocycles. The van der Waals surface area contributed by atoms with Crippen LogP contribution in [0.15, 0.2) is 89.3 Å². The van der Waals surface area contributed by atoms with Crippen LogP contribution in [0.3, 0.4) is 0 Å². The zero-order valence-corrected chi connectivity index (χ0v) is 20.0. The molecule has 6 nitrogen and oxygen atoms in total. The fourth-order valence-electron chi connectivity index (χ4n) is 4.66. The first kappa shape index (κ1) is 22.8. The minimum absolute atomic E-state index is 0.283. The van der Waals surface area contributed by atoms with E-state index in [4.69, 9.17) is 32.5 Å². The second kappa shape index (κ2) is 8.78. The zero-order chi connectivity index (χ0) is 25.0. The average Bonchev–Trinajstić information content (AvgIpc) is 3.58. The summed E-state index contributed by atoms with van der Waals surface area (Å²) in [5.74, 6) is -1.35. The Morgan fingerprint density at radius 2 is 1.53 bits per heavy atom. The number of halogens is 3. The van der Waals surface area contributed by atoms with Crippen LogP contribution >= 0.6 is 23.2 Å². The second-order valence-corrected chi connectivity index (χ2v) is 9.29. The molecule has 3 atom stereocenters. The van der Waals surface area contributed by atoms with Crippen molar-refractivity contribution in [3.8, 4) is 11.3 Å². The Bertz CT molecular complexity index is 1470. The first-order valence-corrected chi connectivity index (χ1v) is 11.9. The zero-order valence-electron chi connectivity index (χ0n) is 18.5. The van der Waals surface area contributed by atoms with Gasteiger partial charge in [-0.1, -0.05) is 41.4 Å². The molecule has 3 heterocycles. The molecule has 0 spiro atoms. The quantitative estimate of drug-likeness (QED) is 0.288. The van der Waals surface area contributed by atoms with Crippen molar-refractivity contribution >= 4 is 46.4 Å². The number of anilines is 2. The van der Waals surface area contributed by atoms with Crippen LogP contribution in [0.4, 0.5) is 15.8 Å². The third kappa shape index (κ3) is 3.67.